The summed E-state index contributed by atoms with van der Waals surface area (Å²) in [6, 6.07) is 0. The SMILES string of the molecule is CC/C(N)=C/N(N)CCCC(C)(C)C. The molecule has 3 heteroatoms. The summed E-state index contributed by atoms with van der Waals surface area (Å²) in [5.41, 5.74) is 6.90. The normalized spacial score (nSPS) is 13.1. The number of hydrogen-bond acceptors (Lipinski definition) is 3. The highest BCUT2D eigenvalue weighted by Crippen LogP contribution is 2.20. The van der Waals surface area contributed by atoms with Gasteiger partial charge in [-0.15, -0.1) is 0 Å². The Morgan fingerprint density at radius 3 is 2.36 bits per heavy atom. The van der Waals surface area contributed by atoms with Crippen molar-refractivity contribution >= 4 is 0 Å². The Labute approximate surface area is 88.1 Å². The Morgan fingerprint density at radius 1 is 1.36 bits per heavy atom. The van der Waals surface area contributed by atoms with Crippen LogP contribution in [0, 0.1) is 5.41 Å². The second-order valence-electron chi connectivity index (χ2n) is 4.96. The van der Waals surface area contributed by atoms with Crippen LogP contribution in [0.15, 0.2) is 11.9 Å². The van der Waals surface area contributed by atoms with Crippen LogP contribution in [0.3, 0.4) is 0 Å². The second-order valence-corrected chi connectivity index (χ2v) is 4.96. The number of rotatable bonds is 5. The molecule has 0 unspecified atom stereocenters. The molecule has 0 atom stereocenters. The van der Waals surface area contributed by atoms with E-state index in [9.17, 15) is 0 Å². The van der Waals surface area contributed by atoms with Crippen LogP contribution in [0.5, 0.6) is 0 Å². The van der Waals surface area contributed by atoms with E-state index >= 15 is 0 Å². The lowest BCUT2D eigenvalue weighted by Crippen LogP contribution is -2.28. The van der Waals surface area contributed by atoms with Crippen LogP contribution < -0.4 is 11.6 Å². The average molecular weight is 199 g/mol. The van der Waals surface area contributed by atoms with Gasteiger partial charge in [-0.1, -0.05) is 27.7 Å². The number of allylic oxidation sites excluding steroid dienone is 1. The third-order valence-corrected chi connectivity index (χ3v) is 2.08. The molecule has 0 heterocycles. The van der Waals surface area contributed by atoms with Crippen molar-refractivity contribution in [3.05, 3.63) is 11.9 Å². The zero-order chi connectivity index (χ0) is 11.2. The summed E-state index contributed by atoms with van der Waals surface area (Å²) >= 11 is 0. The highest BCUT2D eigenvalue weighted by Gasteiger charge is 2.09. The fourth-order valence-electron chi connectivity index (χ4n) is 1.16. The van der Waals surface area contributed by atoms with E-state index in [0.29, 0.717) is 5.41 Å². The van der Waals surface area contributed by atoms with E-state index in [1.54, 1.807) is 5.01 Å². The van der Waals surface area contributed by atoms with Crippen LogP contribution in [0.2, 0.25) is 0 Å². The summed E-state index contributed by atoms with van der Waals surface area (Å²) < 4.78 is 0. The molecule has 4 N–H and O–H groups in total. The first-order valence-corrected chi connectivity index (χ1v) is 5.32. The number of nitrogens with two attached hydrogens (primary N) is 2. The summed E-state index contributed by atoms with van der Waals surface area (Å²) in [6.07, 6.45) is 4.96. The summed E-state index contributed by atoms with van der Waals surface area (Å²) in [5, 5.41) is 1.69. The summed E-state index contributed by atoms with van der Waals surface area (Å²) in [4.78, 5) is 0. The molecule has 0 saturated heterocycles. The molecule has 0 bridgehead atoms. The van der Waals surface area contributed by atoms with E-state index in [4.69, 9.17) is 11.6 Å². The molecule has 0 rings (SSSR count). The van der Waals surface area contributed by atoms with Gasteiger partial charge in [-0.2, -0.15) is 0 Å². The Kier molecular flexibility index (Phi) is 5.62. The van der Waals surface area contributed by atoms with Crippen molar-refractivity contribution in [2.75, 3.05) is 6.54 Å². The number of nitrogens with zero attached hydrogens (tertiary/aromatic N) is 1. The summed E-state index contributed by atoms with van der Waals surface area (Å²) in [7, 11) is 0. The van der Waals surface area contributed by atoms with E-state index in [1.807, 2.05) is 13.1 Å². The molecule has 3 nitrogen and oxygen atoms in total. The predicted molar refractivity (Wildman–Crippen MR) is 62.1 cm³/mol. The molecule has 0 aliphatic rings. The maximum Gasteiger partial charge on any atom is 0.0342 e. The quantitative estimate of drug-likeness (QED) is 0.527. The van der Waals surface area contributed by atoms with E-state index < -0.39 is 0 Å². The molecule has 14 heavy (non-hydrogen) atoms. The molecule has 0 aromatic rings. The van der Waals surface area contributed by atoms with Crippen LogP contribution in [0.4, 0.5) is 0 Å². The Balaban J connectivity index is 3.70. The molecule has 0 fully saturated rings. The van der Waals surface area contributed by atoms with Gasteiger partial charge >= 0.3 is 0 Å². The first-order chi connectivity index (χ1) is 6.35. The minimum Gasteiger partial charge on any atom is -0.401 e. The van der Waals surface area contributed by atoms with Crippen molar-refractivity contribution < 1.29 is 0 Å². The zero-order valence-corrected chi connectivity index (χ0v) is 10.0. The summed E-state index contributed by atoms with van der Waals surface area (Å²) in [5.74, 6) is 5.76. The smallest absolute Gasteiger partial charge is 0.0342 e. The molecule has 0 amide bonds. The van der Waals surface area contributed by atoms with Crippen molar-refractivity contribution in [2.45, 2.75) is 47.0 Å². The Morgan fingerprint density at radius 2 is 1.93 bits per heavy atom. The monoisotopic (exact) mass is 199 g/mol. The standard InChI is InChI=1S/C11H25N3/c1-5-10(12)9-14(13)8-6-7-11(2,3)4/h9H,5-8,12-13H2,1-4H3/b10-9-. The minimum absolute atomic E-state index is 0.390. The van der Waals surface area contributed by atoms with E-state index in [0.717, 1.165) is 25.1 Å². The lowest BCUT2D eigenvalue weighted by molar-refractivity contribution is 0.312. The maximum atomic E-state index is 5.76. The molecule has 0 aromatic carbocycles. The average Bonchev–Trinajstić information content (AvgIpc) is 2.01. The minimum atomic E-state index is 0.390. The Bertz CT molecular complexity index is 179. The fourth-order valence-corrected chi connectivity index (χ4v) is 1.16. The highest BCUT2D eigenvalue weighted by molar-refractivity contribution is 4.93. The van der Waals surface area contributed by atoms with Crippen molar-refractivity contribution in [2.24, 2.45) is 17.0 Å². The van der Waals surface area contributed by atoms with E-state index in [-0.39, 0.29) is 0 Å². The van der Waals surface area contributed by atoms with Crippen molar-refractivity contribution in [1.82, 2.24) is 5.01 Å². The van der Waals surface area contributed by atoms with Gasteiger partial charge in [-0.25, -0.2) is 5.84 Å². The van der Waals surface area contributed by atoms with Gasteiger partial charge in [-0.05, 0) is 24.7 Å². The van der Waals surface area contributed by atoms with Crippen molar-refractivity contribution in [1.29, 1.82) is 0 Å². The first kappa shape index (κ1) is 13.3. The molecule has 0 aliphatic heterocycles. The van der Waals surface area contributed by atoms with Gasteiger partial charge in [0.1, 0.15) is 0 Å². The van der Waals surface area contributed by atoms with Gasteiger partial charge in [0.25, 0.3) is 0 Å². The van der Waals surface area contributed by atoms with E-state index in [1.165, 1.54) is 6.42 Å². The van der Waals surface area contributed by atoms with Crippen LogP contribution in [-0.2, 0) is 0 Å². The fraction of sp³-hybridized carbons (Fsp3) is 0.818. The van der Waals surface area contributed by atoms with Crippen LogP contribution in [-0.4, -0.2) is 11.6 Å². The molecule has 0 saturated carbocycles. The van der Waals surface area contributed by atoms with Gasteiger partial charge in [0.05, 0.1) is 0 Å². The molecular weight excluding hydrogens is 174 g/mol. The maximum absolute atomic E-state index is 5.76. The number of hydrazine groups is 1. The third kappa shape index (κ3) is 7.92. The molecule has 0 aromatic heterocycles. The Hall–Kier alpha value is -0.700. The van der Waals surface area contributed by atoms with Crippen molar-refractivity contribution in [3.63, 3.8) is 0 Å². The lowest BCUT2D eigenvalue weighted by Gasteiger charge is -2.20. The van der Waals surface area contributed by atoms with Crippen LogP contribution in [0.1, 0.15) is 47.0 Å². The number of hydrogen-bond donors (Lipinski definition) is 2. The van der Waals surface area contributed by atoms with Crippen molar-refractivity contribution in [3.8, 4) is 0 Å². The van der Waals surface area contributed by atoms with E-state index in [2.05, 4.69) is 20.8 Å². The first-order valence-electron chi connectivity index (χ1n) is 5.32. The molecule has 84 valence electrons. The van der Waals surface area contributed by atoms with Gasteiger partial charge in [0, 0.05) is 18.4 Å². The predicted octanol–water partition coefficient (Wildman–Crippen LogP) is 2.20. The van der Waals surface area contributed by atoms with Crippen LogP contribution >= 0.6 is 0 Å². The van der Waals surface area contributed by atoms with Gasteiger partial charge < -0.3 is 10.7 Å². The molecule has 0 radical (unpaired) electrons. The molecule has 0 spiro atoms. The van der Waals surface area contributed by atoms with Gasteiger partial charge in [0.15, 0.2) is 0 Å². The molecule has 0 aliphatic carbocycles. The molecular formula is C11H25N3. The topological polar surface area (TPSA) is 55.3 Å². The van der Waals surface area contributed by atoms with Gasteiger partial charge in [0.2, 0.25) is 0 Å². The third-order valence-electron chi connectivity index (χ3n) is 2.08. The zero-order valence-electron chi connectivity index (χ0n) is 10.0. The highest BCUT2D eigenvalue weighted by atomic mass is 15.4. The lowest BCUT2D eigenvalue weighted by atomic mass is 9.91. The second kappa shape index (κ2) is 5.91. The van der Waals surface area contributed by atoms with Gasteiger partial charge in [-0.3, -0.25) is 0 Å². The largest absolute Gasteiger partial charge is 0.401 e. The summed E-state index contributed by atoms with van der Waals surface area (Å²) in [6.45, 7) is 9.62. The van der Waals surface area contributed by atoms with Crippen LogP contribution in [0.25, 0.3) is 0 Å².